The molecule has 0 bridgehead atoms. The highest BCUT2D eigenvalue weighted by Crippen LogP contribution is 1.95. The predicted octanol–water partition coefficient (Wildman–Crippen LogP) is 4.14. The van der Waals surface area contributed by atoms with Crippen LogP contribution in [0.4, 0.5) is 0 Å². The summed E-state index contributed by atoms with van der Waals surface area (Å²) in [6.07, 6.45) is 2.74. The van der Waals surface area contributed by atoms with Crippen molar-refractivity contribution < 1.29 is 0 Å². The Hall–Kier alpha value is 0.490. The number of hydrogen-bond donors (Lipinski definition) is 0. The molecule has 140 valence electrons. The third-order valence-corrected chi connectivity index (χ3v) is 3.74. The van der Waals surface area contributed by atoms with E-state index in [9.17, 15) is 0 Å². The zero-order valence-electron chi connectivity index (χ0n) is 14.0. The Morgan fingerprint density at radius 2 is 0.875 bits per heavy atom. The summed E-state index contributed by atoms with van der Waals surface area (Å²) in [5.74, 6) is 15.1. The second kappa shape index (κ2) is 21.5. The number of halogens is 5. The molecule has 0 aliphatic carbocycles. The molecular weight excluding hydrogens is 409 g/mol. The van der Waals surface area contributed by atoms with E-state index in [2.05, 4.69) is 33.5 Å². The van der Waals surface area contributed by atoms with Crippen molar-refractivity contribution in [2.24, 2.45) is 0 Å². The van der Waals surface area contributed by atoms with E-state index in [-0.39, 0.29) is 12.4 Å². The molecule has 7 heteroatoms. The van der Waals surface area contributed by atoms with Gasteiger partial charge in [0.05, 0.1) is 13.1 Å². The fraction of sp³-hybridized carbons (Fsp3) is 0.765. The summed E-state index contributed by atoms with van der Waals surface area (Å²) in [5.41, 5.74) is 0. The SMILES string of the molecule is Cl.ClCCN(CC#CCCCC#CCN(CCCl)CCCl)CCCl. The van der Waals surface area contributed by atoms with Gasteiger partial charge in [-0.1, -0.05) is 11.8 Å². The molecule has 0 N–H and O–H groups in total. The third-order valence-electron chi connectivity index (χ3n) is 3.06. The molecule has 0 aromatic carbocycles. The van der Waals surface area contributed by atoms with Crippen molar-refractivity contribution in [1.82, 2.24) is 9.80 Å². The second-order valence-electron chi connectivity index (χ2n) is 4.87. The average molecular weight is 437 g/mol. The maximum atomic E-state index is 5.74. The summed E-state index contributed by atoms with van der Waals surface area (Å²) < 4.78 is 0. The van der Waals surface area contributed by atoms with Gasteiger partial charge < -0.3 is 0 Å². The van der Waals surface area contributed by atoms with Crippen LogP contribution in [0.3, 0.4) is 0 Å². The molecule has 0 fully saturated rings. The van der Waals surface area contributed by atoms with Crippen molar-refractivity contribution in [3.63, 3.8) is 0 Å². The number of rotatable bonds is 12. The molecule has 0 amide bonds. The van der Waals surface area contributed by atoms with Crippen LogP contribution in [0, 0.1) is 23.7 Å². The summed E-state index contributed by atoms with van der Waals surface area (Å²) in [7, 11) is 0. The monoisotopic (exact) mass is 434 g/mol. The molecule has 0 aromatic rings. The van der Waals surface area contributed by atoms with Gasteiger partial charge in [0.15, 0.2) is 0 Å². The van der Waals surface area contributed by atoms with E-state index in [1.165, 1.54) is 0 Å². The van der Waals surface area contributed by atoms with E-state index in [4.69, 9.17) is 46.4 Å². The lowest BCUT2D eigenvalue weighted by atomic mass is 10.2. The van der Waals surface area contributed by atoms with Gasteiger partial charge in [-0.3, -0.25) is 9.80 Å². The first-order valence-electron chi connectivity index (χ1n) is 7.88. The molecule has 0 aliphatic rings. The van der Waals surface area contributed by atoms with Gasteiger partial charge >= 0.3 is 0 Å². The number of alkyl halides is 4. The quantitative estimate of drug-likeness (QED) is 0.258. The van der Waals surface area contributed by atoms with E-state index in [1.807, 2.05) is 0 Å². The Bertz CT molecular complexity index is 336. The van der Waals surface area contributed by atoms with Crippen molar-refractivity contribution in [3.8, 4) is 23.7 Å². The largest absolute Gasteiger partial charge is 0.290 e. The first kappa shape index (κ1) is 26.7. The molecule has 0 saturated heterocycles. The van der Waals surface area contributed by atoms with E-state index < -0.39 is 0 Å². The first-order chi connectivity index (χ1) is 11.3. The van der Waals surface area contributed by atoms with Gasteiger partial charge in [-0.05, 0) is 6.42 Å². The van der Waals surface area contributed by atoms with Gasteiger partial charge in [-0.2, -0.15) is 0 Å². The molecule has 0 aliphatic heterocycles. The lowest BCUT2D eigenvalue weighted by Crippen LogP contribution is -2.28. The minimum atomic E-state index is 0. The summed E-state index contributed by atoms with van der Waals surface area (Å²) in [6.45, 7) is 4.78. The van der Waals surface area contributed by atoms with Crippen molar-refractivity contribution in [2.75, 3.05) is 62.8 Å². The number of hydrogen-bond acceptors (Lipinski definition) is 2. The zero-order chi connectivity index (χ0) is 17.2. The van der Waals surface area contributed by atoms with Crippen molar-refractivity contribution in [3.05, 3.63) is 0 Å². The Balaban J connectivity index is 0. The molecule has 2 nitrogen and oxygen atoms in total. The van der Waals surface area contributed by atoms with Crippen molar-refractivity contribution in [1.29, 1.82) is 0 Å². The van der Waals surface area contributed by atoms with E-state index in [0.29, 0.717) is 23.5 Å². The summed E-state index contributed by atoms with van der Waals surface area (Å²) in [6, 6.07) is 0. The van der Waals surface area contributed by atoms with Gasteiger partial charge in [0.1, 0.15) is 0 Å². The third kappa shape index (κ3) is 17.3. The standard InChI is InChI=1S/C17H26Cl4N2.ClH/c18-8-14-22(15-9-19)12-6-4-2-1-3-5-7-13-23(16-10-20)17-11-21;/h1-3,8-17H2;1H. The fourth-order valence-electron chi connectivity index (χ4n) is 1.80. The molecule has 0 radical (unpaired) electrons. The second-order valence-corrected chi connectivity index (χ2v) is 6.38. The molecule has 0 spiro atoms. The molecular formula is C17H27Cl5N2. The molecule has 0 heterocycles. The lowest BCUT2D eigenvalue weighted by molar-refractivity contribution is 0.346. The van der Waals surface area contributed by atoms with E-state index in [0.717, 1.165) is 58.5 Å². The summed E-state index contributed by atoms with van der Waals surface area (Å²) >= 11 is 23.0. The fourth-order valence-corrected chi connectivity index (χ4v) is 2.75. The molecule has 0 atom stereocenters. The highest BCUT2D eigenvalue weighted by Gasteiger charge is 2.00. The van der Waals surface area contributed by atoms with E-state index >= 15 is 0 Å². The van der Waals surface area contributed by atoms with Crippen LogP contribution in [0.25, 0.3) is 0 Å². The molecule has 0 aromatic heterocycles. The molecule has 0 saturated carbocycles. The average Bonchev–Trinajstić information content (AvgIpc) is 2.54. The Morgan fingerprint density at radius 1 is 0.542 bits per heavy atom. The first-order valence-corrected chi connectivity index (χ1v) is 10.0. The van der Waals surface area contributed by atoms with Crippen LogP contribution in [0.5, 0.6) is 0 Å². The molecule has 24 heavy (non-hydrogen) atoms. The van der Waals surface area contributed by atoms with Crippen LogP contribution in [0.15, 0.2) is 0 Å². The maximum absolute atomic E-state index is 5.74. The van der Waals surface area contributed by atoms with Crippen LogP contribution in [-0.4, -0.2) is 72.6 Å². The van der Waals surface area contributed by atoms with Gasteiger partial charge in [-0.15, -0.1) is 70.7 Å². The zero-order valence-corrected chi connectivity index (χ0v) is 17.8. The van der Waals surface area contributed by atoms with Crippen LogP contribution < -0.4 is 0 Å². The Labute approximate surface area is 173 Å². The smallest absolute Gasteiger partial charge is 0.0602 e. The maximum Gasteiger partial charge on any atom is 0.0602 e. The van der Waals surface area contributed by atoms with E-state index in [1.54, 1.807) is 0 Å². The van der Waals surface area contributed by atoms with Crippen LogP contribution in [0.1, 0.15) is 19.3 Å². The van der Waals surface area contributed by atoms with Crippen LogP contribution >= 0.6 is 58.8 Å². The van der Waals surface area contributed by atoms with Crippen LogP contribution in [0.2, 0.25) is 0 Å². The lowest BCUT2D eigenvalue weighted by Gasteiger charge is -2.16. The Kier molecular flexibility index (Phi) is 24.0. The molecule has 0 unspecified atom stereocenters. The minimum Gasteiger partial charge on any atom is -0.290 e. The predicted molar refractivity (Wildman–Crippen MR) is 112 cm³/mol. The highest BCUT2D eigenvalue weighted by atomic mass is 35.5. The summed E-state index contributed by atoms with van der Waals surface area (Å²) in [5, 5.41) is 0. The van der Waals surface area contributed by atoms with Gasteiger partial charge in [0, 0.05) is 62.5 Å². The van der Waals surface area contributed by atoms with Gasteiger partial charge in [-0.25, -0.2) is 0 Å². The number of nitrogens with zero attached hydrogens (tertiary/aromatic N) is 2. The Morgan fingerprint density at radius 3 is 1.17 bits per heavy atom. The summed E-state index contributed by atoms with van der Waals surface area (Å²) in [4.78, 5) is 4.32. The minimum absolute atomic E-state index is 0. The van der Waals surface area contributed by atoms with Crippen LogP contribution in [-0.2, 0) is 0 Å². The van der Waals surface area contributed by atoms with Crippen molar-refractivity contribution >= 4 is 58.8 Å². The van der Waals surface area contributed by atoms with Crippen molar-refractivity contribution in [2.45, 2.75) is 19.3 Å². The number of unbranched alkanes of at least 4 members (excludes halogenated alkanes) is 2. The highest BCUT2D eigenvalue weighted by molar-refractivity contribution is 6.18. The van der Waals surface area contributed by atoms with Gasteiger partial charge in [0.2, 0.25) is 0 Å². The van der Waals surface area contributed by atoms with Gasteiger partial charge in [0.25, 0.3) is 0 Å². The molecule has 0 rings (SSSR count). The topological polar surface area (TPSA) is 6.48 Å². The normalized spacial score (nSPS) is 9.92.